The van der Waals surface area contributed by atoms with Gasteiger partial charge < -0.3 is 5.73 Å². The van der Waals surface area contributed by atoms with Crippen molar-refractivity contribution in [3.63, 3.8) is 0 Å². The van der Waals surface area contributed by atoms with E-state index in [1.807, 2.05) is 44.2 Å². The zero-order chi connectivity index (χ0) is 14.0. The van der Waals surface area contributed by atoms with E-state index in [0.29, 0.717) is 6.42 Å². The van der Waals surface area contributed by atoms with Crippen LogP contribution in [0.5, 0.6) is 0 Å². The van der Waals surface area contributed by atoms with Gasteiger partial charge >= 0.3 is 0 Å². The van der Waals surface area contributed by atoms with Crippen molar-refractivity contribution in [3.8, 4) is 0 Å². The van der Waals surface area contributed by atoms with E-state index in [1.54, 1.807) is 6.07 Å². The van der Waals surface area contributed by atoms with E-state index >= 15 is 0 Å². The Balaban J connectivity index is 2.31. The number of aryl methyl sites for hydroxylation is 1. The fraction of sp³-hybridized carbons (Fsp3) is 0.250. The fourth-order valence-electron chi connectivity index (χ4n) is 2.38. The van der Waals surface area contributed by atoms with E-state index in [2.05, 4.69) is 0 Å². The molecule has 19 heavy (non-hydrogen) atoms. The molecule has 0 radical (unpaired) electrons. The topological polar surface area (TPSA) is 26.0 Å². The van der Waals surface area contributed by atoms with Crippen molar-refractivity contribution in [2.45, 2.75) is 25.8 Å². The van der Waals surface area contributed by atoms with Crippen LogP contribution in [0, 0.1) is 12.7 Å². The number of nitrogens with two attached hydrogens (primary N) is 1. The van der Waals surface area contributed by atoms with Crippen molar-refractivity contribution < 1.29 is 4.39 Å². The van der Waals surface area contributed by atoms with Crippen molar-refractivity contribution in [1.29, 1.82) is 0 Å². The van der Waals surface area contributed by atoms with Gasteiger partial charge in [0, 0.05) is 5.54 Å². The van der Waals surface area contributed by atoms with Crippen LogP contribution in [0.3, 0.4) is 0 Å². The molecule has 0 aliphatic carbocycles. The summed E-state index contributed by atoms with van der Waals surface area (Å²) in [6, 6.07) is 12.8. The number of halogens is 2. The lowest BCUT2D eigenvalue weighted by Crippen LogP contribution is -2.36. The van der Waals surface area contributed by atoms with Crippen LogP contribution >= 0.6 is 11.6 Å². The second-order valence-electron chi connectivity index (χ2n) is 5.16. The zero-order valence-electron chi connectivity index (χ0n) is 11.1. The van der Waals surface area contributed by atoms with Crippen molar-refractivity contribution in [2.75, 3.05) is 0 Å². The third-order valence-corrected chi connectivity index (χ3v) is 3.62. The smallest absolute Gasteiger partial charge is 0.142 e. The van der Waals surface area contributed by atoms with E-state index in [4.69, 9.17) is 17.3 Å². The Morgan fingerprint density at radius 2 is 1.89 bits per heavy atom. The SMILES string of the molecule is Cc1ccccc1C(C)(N)Cc1ccc(Cl)c(F)c1. The Bertz CT molecular complexity index is 593. The summed E-state index contributed by atoms with van der Waals surface area (Å²) in [5.41, 5.74) is 8.93. The van der Waals surface area contributed by atoms with Crippen LogP contribution in [-0.4, -0.2) is 0 Å². The van der Waals surface area contributed by atoms with Crippen molar-refractivity contribution in [2.24, 2.45) is 5.73 Å². The summed E-state index contributed by atoms with van der Waals surface area (Å²) in [7, 11) is 0. The average molecular weight is 278 g/mol. The van der Waals surface area contributed by atoms with Crippen LogP contribution in [0.15, 0.2) is 42.5 Å². The maximum Gasteiger partial charge on any atom is 0.142 e. The monoisotopic (exact) mass is 277 g/mol. The predicted molar refractivity (Wildman–Crippen MR) is 77.8 cm³/mol. The highest BCUT2D eigenvalue weighted by Crippen LogP contribution is 2.26. The molecule has 0 spiro atoms. The number of hydrogen-bond donors (Lipinski definition) is 1. The molecule has 2 N–H and O–H groups in total. The van der Waals surface area contributed by atoms with Gasteiger partial charge in [-0.05, 0) is 49.1 Å². The van der Waals surface area contributed by atoms with Gasteiger partial charge in [-0.2, -0.15) is 0 Å². The number of rotatable bonds is 3. The number of benzene rings is 2. The van der Waals surface area contributed by atoms with E-state index in [1.165, 1.54) is 6.07 Å². The van der Waals surface area contributed by atoms with Crippen LogP contribution in [0.2, 0.25) is 5.02 Å². The van der Waals surface area contributed by atoms with Gasteiger partial charge in [0.2, 0.25) is 0 Å². The standard InChI is InChI=1S/C16H17ClFN/c1-11-5-3-4-6-13(11)16(2,19)10-12-7-8-14(17)15(18)9-12/h3-9H,10,19H2,1-2H3. The second-order valence-corrected chi connectivity index (χ2v) is 5.56. The highest BCUT2D eigenvalue weighted by atomic mass is 35.5. The molecule has 0 amide bonds. The van der Waals surface area contributed by atoms with Crippen LogP contribution in [-0.2, 0) is 12.0 Å². The second kappa shape index (κ2) is 5.32. The molecule has 1 unspecified atom stereocenters. The Morgan fingerprint density at radius 3 is 2.53 bits per heavy atom. The molecule has 0 bridgehead atoms. The quantitative estimate of drug-likeness (QED) is 0.894. The molecular weight excluding hydrogens is 261 g/mol. The maximum atomic E-state index is 13.5. The summed E-state index contributed by atoms with van der Waals surface area (Å²) in [5.74, 6) is -0.403. The van der Waals surface area contributed by atoms with Gasteiger partial charge in [0.05, 0.1) is 5.02 Å². The third kappa shape index (κ3) is 3.14. The lowest BCUT2D eigenvalue weighted by molar-refractivity contribution is 0.487. The highest BCUT2D eigenvalue weighted by Gasteiger charge is 2.23. The van der Waals surface area contributed by atoms with Gasteiger partial charge in [-0.15, -0.1) is 0 Å². The molecule has 1 nitrogen and oxygen atoms in total. The van der Waals surface area contributed by atoms with Crippen molar-refractivity contribution in [3.05, 3.63) is 70.0 Å². The van der Waals surface area contributed by atoms with Gasteiger partial charge in [-0.25, -0.2) is 4.39 Å². The predicted octanol–water partition coefficient (Wildman–Crippen LogP) is 4.20. The molecule has 0 fully saturated rings. The van der Waals surface area contributed by atoms with E-state index < -0.39 is 11.4 Å². The molecule has 1 atom stereocenters. The molecule has 2 aromatic rings. The normalized spacial score (nSPS) is 14.2. The Morgan fingerprint density at radius 1 is 1.21 bits per heavy atom. The molecule has 3 heteroatoms. The maximum absolute atomic E-state index is 13.5. The molecule has 2 rings (SSSR count). The largest absolute Gasteiger partial charge is 0.321 e. The van der Waals surface area contributed by atoms with Crippen LogP contribution < -0.4 is 5.73 Å². The first kappa shape index (κ1) is 14.0. The zero-order valence-corrected chi connectivity index (χ0v) is 11.8. The van der Waals surface area contributed by atoms with Crippen LogP contribution in [0.1, 0.15) is 23.6 Å². The van der Waals surface area contributed by atoms with Gasteiger partial charge in [0.25, 0.3) is 0 Å². The van der Waals surface area contributed by atoms with E-state index in [9.17, 15) is 4.39 Å². The van der Waals surface area contributed by atoms with Crippen molar-refractivity contribution in [1.82, 2.24) is 0 Å². The van der Waals surface area contributed by atoms with E-state index in [-0.39, 0.29) is 5.02 Å². The molecule has 0 heterocycles. The lowest BCUT2D eigenvalue weighted by Gasteiger charge is -2.27. The molecule has 2 aromatic carbocycles. The first-order chi connectivity index (χ1) is 8.90. The lowest BCUT2D eigenvalue weighted by atomic mass is 9.84. The third-order valence-electron chi connectivity index (χ3n) is 3.32. The average Bonchev–Trinajstić information content (AvgIpc) is 2.34. The Labute approximate surface area is 118 Å². The first-order valence-electron chi connectivity index (χ1n) is 6.19. The van der Waals surface area contributed by atoms with E-state index in [0.717, 1.165) is 16.7 Å². The first-order valence-corrected chi connectivity index (χ1v) is 6.57. The Hall–Kier alpha value is -1.38. The summed E-state index contributed by atoms with van der Waals surface area (Å²) in [5, 5.41) is 0.137. The van der Waals surface area contributed by atoms with Gasteiger partial charge in [0.15, 0.2) is 0 Å². The fourth-order valence-corrected chi connectivity index (χ4v) is 2.50. The molecule has 0 aromatic heterocycles. The number of hydrogen-bond acceptors (Lipinski definition) is 1. The molecule has 0 aliphatic rings. The summed E-state index contributed by atoms with van der Waals surface area (Å²) in [6.45, 7) is 3.99. The van der Waals surface area contributed by atoms with Gasteiger partial charge in [-0.1, -0.05) is 41.9 Å². The summed E-state index contributed by atoms with van der Waals surface area (Å²) < 4.78 is 13.5. The van der Waals surface area contributed by atoms with Crippen molar-refractivity contribution >= 4 is 11.6 Å². The molecule has 0 saturated heterocycles. The molecular formula is C16H17ClFN. The van der Waals surface area contributed by atoms with Crippen LogP contribution in [0.25, 0.3) is 0 Å². The minimum atomic E-state index is -0.536. The summed E-state index contributed by atoms with van der Waals surface area (Å²) >= 11 is 5.69. The molecule has 0 aliphatic heterocycles. The summed E-state index contributed by atoms with van der Waals surface area (Å²) in [4.78, 5) is 0. The van der Waals surface area contributed by atoms with Gasteiger partial charge in [-0.3, -0.25) is 0 Å². The Kier molecular flexibility index (Phi) is 3.93. The molecule has 0 saturated carbocycles. The minimum Gasteiger partial charge on any atom is -0.321 e. The molecule has 100 valence electrons. The van der Waals surface area contributed by atoms with Crippen LogP contribution in [0.4, 0.5) is 4.39 Å². The van der Waals surface area contributed by atoms with Gasteiger partial charge in [0.1, 0.15) is 5.82 Å². The summed E-state index contributed by atoms with van der Waals surface area (Å²) in [6.07, 6.45) is 0.561. The minimum absolute atomic E-state index is 0.137. The highest BCUT2D eigenvalue weighted by molar-refractivity contribution is 6.30.